The third-order valence-electron chi connectivity index (χ3n) is 3.28. The second-order valence-corrected chi connectivity index (χ2v) is 5.03. The molecule has 0 spiro atoms. The van der Waals surface area contributed by atoms with Gasteiger partial charge in [-0.15, -0.1) is 0 Å². The summed E-state index contributed by atoms with van der Waals surface area (Å²) in [5.41, 5.74) is 1.59. The van der Waals surface area contributed by atoms with E-state index in [2.05, 4.69) is 12.1 Å². The molecule has 0 saturated carbocycles. The summed E-state index contributed by atoms with van der Waals surface area (Å²) >= 11 is 0. The van der Waals surface area contributed by atoms with E-state index in [0.29, 0.717) is 5.92 Å². The first-order valence-electron chi connectivity index (χ1n) is 5.98. The van der Waals surface area contributed by atoms with E-state index >= 15 is 0 Å². The number of rotatable bonds is 2. The van der Waals surface area contributed by atoms with Crippen LogP contribution in [0.2, 0.25) is 0 Å². The van der Waals surface area contributed by atoms with Crippen LogP contribution < -0.4 is 0 Å². The molecule has 1 heterocycles. The van der Waals surface area contributed by atoms with Crippen LogP contribution in [0, 0.1) is 0 Å². The molecule has 0 unspecified atom stereocenters. The van der Waals surface area contributed by atoms with Crippen molar-refractivity contribution in [3.63, 3.8) is 0 Å². The van der Waals surface area contributed by atoms with Crippen LogP contribution in [0.1, 0.15) is 43.7 Å². The van der Waals surface area contributed by atoms with Gasteiger partial charge in [0.05, 0.1) is 5.60 Å². The van der Waals surface area contributed by atoms with E-state index in [0.717, 1.165) is 31.6 Å². The summed E-state index contributed by atoms with van der Waals surface area (Å²) in [6.07, 6.45) is 2.13. The Morgan fingerprint density at radius 2 is 1.81 bits per heavy atom. The smallest absolute Gasteiger partial charge is 0.0843 e. The summed E-state index contributed by atoms with van der Waals surface area (Å²) in [6, 6.07) is 8.23. The summed E-state index contributed by atoms with van der Waals surface area (Å²) in [4.78, 5) is 0. The quantitative estimate of drug-likeness (QED) is 0.830. The minimum absolute atomic E-state index is 0.538. The number of benzene rings is 1. The molecule has 0 amide bonds. The summed E-state index contributed by atoms with van der Waals surface area (Å²) in [5.74, 6) is 0.538. The van der Waals surface area contributed by atoms with Gasteiger partial charge in [0, 0.05) is 13.2 Å². The minimum atomic E-state index is -0.755. The second kappa shape index (κ2) is 4.56. The highest BCUT2D eigenvalue weighted by Crippen LogP contribution is 2.34. The van der Waals surface area contributed by atoms with Crippen molar-refractivity contribution in [1.29, 1.82) is 0 Å². The third-order valence-corrected chi connectivity index (χ3v) is 3.28. The Hall–Kier alpha value is -0.860. The van der Waals surface area contributed by atoms with Gasteiger partial charge in [-0.3, -0.25) is 0 Å². The molecule has 1 saturated heterocycles. The number of aliphatic hydroxyl groups is 1. The Morgan fingerprint density at radius 3 is 2.44 bits per heavy atom. The molecule has 1 aromatic rings. The van der Waals surface area contributed by atoms with Crippen LogP contribution in [-0.2, 0) is 10.3 Å². The minimum Gasteiger partial charge on any atom is -0.386 e. The van der Waals surface area contributed by atoms with Gasteiger partial charge in [0.1, 0.15) is 0 Å². The summed E-state index contributed by atoms with van der Waals surface area (Å²) in [7, 11) is 0. The van der Waals surface area contributed by atoms with E-state index in [1.54, 1.807) is 0 Å². The van der Waals surface area contributed by atoms with Crippen LogP contribution in [0.5, 0.6) is 0 Å². The van der Waals surface area contributed by atoms with Gasteiger partial charge in [0.2, 0.25) is 0 Å². The van der Waals surface area contributed by atoms with Crippen molar-refractivity contribution in [3.8, 4) is 0 Å². The third kappa shape index (κ3) is 2.45. The molecule has 0 atom stereocenters. The molecule has 0 aromatic heterocycles. The van der Waals surface area contributed by atoms with Gasteiger partial charge in [0.25, 0.3) is 0 Å². The summed E-state index contributed by atoms with van der Waals surface area (Å²) in [5, 5.41) is 10.2. The van der Waals surface area contributed by atoms with E-state index in [1.165, 1.54) is 5.56 Å². The van der Waals surface area contributed by atoms with Crippen LogP contribution in [0.25, 0.3) is 0 Å². The van der Waals surface area contributed by atoms with Gasteiger partial charge in [-0.25, -0.2) is 0 Å². The monoisotopic (exact) mass is 220 g/mol. The summed E-state index contributed by atoms with van der Waals surface area (Å²) < 4.78 is 5.38. The highest BCUT2D eigenvalue weighted by Gasteiger charge is 2.25. The van der Waals surface area contributed by atoms with Gasteiger partial charge in [-0.2, -0.15) is 0 Å². The molecule has 1 aromatic carbocycles. The fraction of sp³-hybridized carbons (Fsp3) is 0.571. The van der Waals surface area contributed by atoms with Crippen molar-refractivity contribution in [2.75, 3.05) is 13.2 Å². The summed E-state index contributed by atoms with van der Waals surface area (Å²) in [6.45, 7) is 5.38. The Kier molecular flexibility index (Phi) is 3.31. The van der Waals surface area contributed by atoms with Gasteiger partial charge in [-0.05, 0) is 43.7 Å². The van der Waals surface area contributed by atoms with Crippen LogP contribution in [0.3, 0.4) is 0 Å². The molecular weight excluding hydrogens is 200 g/mol. The van der Waals surface area contributed by atoms with Gasteiger partial charge in [0.15, 0.2) is 0 Å². The molecule has 0 radical (unpaired) electrons. The Morgan fingerprint density at radius 1 is 1.19 bits per heavy atom. The molecule has 0 bridgehead atoms. The van der Waals surface area contributed by atoms with Crippen molar-refractivity contribution in [2.45, 2.75) is 38.2 Å². The van der Waals surface area contributed by atoms with Crippen molar-refractivity contribution in [3.05, 3.63) is 35.4 Å². The first kappa shape index (κ1) is 11.6. The van der Waals surface area contributed by atoms with Crippen molar-refractivity contribution < 1.29 is 9.84 Å². The van der Waals surface area contributed by atoms with Crippen molar-refractivity contribution in [2.24, 2.45) is 0 Å². The fourth-order valence-corrected chi connectivity index (χ4v) is 2.42. The Bertz CT molecular complexity index is 346. The molecule has 1 aliphatic heterocycles. The van der Waals surface area contributed by atoms with Crippen LogP contribution in [-0.4, -0.2) is 18.3 Å². The zero-order valence-electron chi connectivity index (χ0n) is 10.1. The van der Waals surface area contributed by atoms with E-state index in [4.69, 9.17) is 4.74 Å². The zero-order valence-corrected chi connectivity index (χ0v) is 10.1. The predicted octanol–water partition coefficient (Wildman–Crippen LogP) is 2.81. The van der Waals surface area contributed by atoms with Crippen LogP contribution in [0.4, 0.5) is 0 Å². The molecular formula is C14H20O2. The number of hydrogen-bond acceptors (Lipinski definition) is 2. The maximum absolute atomic E-state index is 10.2. The maximum Gasteiger partial charge on any atom is 0.0843 e. The lowest BCUT2D eigenvalue weighted by molar-refractivity contribution is 0.0699. The molecule has 2 rings (SSSR count). The number of ether oxygens (including phenoxy) is 1. The molecule has 0 aliphatic carbocycles. The largest absolute Gasteiger partial charge is 0.386 e. The average Bonchev–Trinajstić information content (AvgIpc) is 2.29. The van der Waals surface area contributed by atoms with Crippen molar-refractivity contribution >= 4 is 0 Å². The van der Waals surface area contributed by atoms with E-state index in [1.807, 2.05) is 26.0 Å². The molecule has 88 valence electrons. The predicted molar refractivity (Wildman–Crippen MR) is 64.5 cm³/mol. The molecule has 1 aliphatic rings. The maximum atomic E-state index is 10.2. The van der Waals surface area contributed by atoms with Gasteiger partial charge < -0.3 is 9.84 Å². The normalized spacial score (nSPS) is 18.7. The number of hydrogen-bond donors (Lipinski definition) is 1. The molecule has 1 fully saturated rings. The lowest BCUT2D eigenvalue weighted by atomic mass is 9.83. The zero-order chi connectivity index (χ0) is 11.6. The SMILES string of the molecule is CC(C)(O)c1ccccc1C1CCOCC1. The molecule has 2 heteroatoms. The molecule has 2 nitrogen and oxygen atoms in total. The van der Waals surface area contributed by atoms with E-state index in [-0.39, 0.29) is 0 Å². The first-order valence-corrected chi connectivity index (χ1v) is 5.98. The molecule has 16 heavy (non-hydrogen) atoms. The van der Waals surface area contributed by atoms with E-state index in [9.17, 15) is 5.11 Å². The van der Waals surface area contributed by atoms with Crippen LogP contribution >= 0.6 is 0 Å². The fourth-order valence-electron chi connectivity index (χ4n) is 2.42. The highest BCUT2D eigenvalue weighted by atomic mass is 16.5. The Balaban J connectivity index is 2.32. The standard InChI is InChI=1S/C14H20O2/c1-14(2,15)13-6-4-3-5-12(13)11-7-9-16-10-8-11/h3-6,11,15H,7-10H2,1-2H3. The van der Waals surface area contributed by atoms with Gasteiger partial charge in [-0.1, -0.05) is 24.3 Å². The lowest BCUT2D eigenvalue weighted by Crippen LogP contribution is -2.22. The van der Waals surface area contributed by atoms with E-state index < -0.39 is 5.60 Å². The Labute approximate surface area is 97.3 Å². The van der Waals surface area contributed by atoms with Gasteiger partial charge >= 0.3 is 0 Å². The molecule has 1 N–H and O–H groups in total. The first-order chi connectivity index (χ1) is 7.59. The average molecular weight is 220 g/mol. The van der Waals surface area contributed by atoms with Crippen molar-refractivity contribution in [1.82, 2.24) is 0 Å². The topological polar surface area (TPSA) is 29.5 Å². The van der Waals surface area contributed by atoms with Crippen LogP contribution in [0.15, 0.2) is 24.3 Å². The second-order valence-electron chi connectivity index (χ2n) is 5.03. The lowest BCUT2D eigenvalue weighted by Gasteiger charge is -2.28. The highest BCUT2D eigenvalue weighted by molar-refractivity contribution is 5.34.